The molecular formula is C2H4Cl3F3O4S2. The van der Waals surface area contributed by atoms with Crippen molar-refractivity contribution in [1.29, 1.82) is 0 Å². The highest BCUT2D eigenvalue weighted by atomic mass is 36.0. The van der Waals surface area contributed by atoms with E-state index in [2.05, 4.69) is 32.0 Å². The van der Waals surface area contributed by atoms with Crippen molar-refractivity contribution in [3.8, 4) is 0 Å². The van der Waals surface area contributed by atoms with Gasteiger partial charge in [0.2, 0.25) is 9.05 Å². The molecule has 14 heavy (non-hydrogen) atoms. The van der Waals surface area contributed by atoms with Gasteiger partial charge in [-0.3, -0.25) is 0 Å². The fourth-order valence-corrected chi connectivity index (χ4v) is 0. The largest absolute Gasteiger partial charge is 0.379 e. The molecule has 0 aliphatic rings. The van der Waals surface area contributed by atoms with E-state index in [9.17, 15) is 21.6 Å². The highest BCUT2D eigenvalue weighted by molar-refractivity contribution is 8.31. The highest BCUT2D eigenvalue weighted by Gasteiger charge is 1.88. The molecule has 0 aromatic carbocycles. The molecule has 12 heteroatoms. The Kier molecular flexibility index (Phi) is 12.6. The average Bonchev–Trinajstić information content (AvgIpc) is 1.45. The molecule has 0 saturated carbocycles. The summed E-state index contributed by atoms with van der Waals surface area (Å²) in [4.78, 5) is 0. The summed E-state index contributed by atoms with van der Waals surface area (Å²) < 4.78 is 66.1. The van der Waals surface area contributed by atoms with Gasteiger partial charge >= 0.3 is 14.9 Å². The van der Waals surface area contributed by atoms with Gasteiger partial charge in [-0.2, -0.15) is 21.6 Å². The van der Waals surface area contributed by atoms with Crippen molar-refractivity contribution in [2.24, 2.45) is 0 Å². The summed E-state index contributed by atoms with van der Waals surface area (Å²) in [5.41, 5.74) is 0. The van der Waals surface area contributed by atoms with E-state index >= 15 is 0 Å². The normalized spacial score (nSPS) is 10.9. The molecule has 0 radical (unpaired) electrons. The third kappa shape index (κ3) is 5350. The van der Waals surface area contributed by atoms with Crippen molar-refractivity contribution in [2.45, 2.75) is 6.68 Å². The molecule has 0 bridgehead atoms. The standard InChI is InChI=1S/CH3ClO2S.CHF3.Cl2O2S/c1-5(2,3)4;2-1(3)4;1-5(2,3)4/h1H3;1H;. The third-order valence-corrected chi connectivity index (χ3v) is 0. The highest BCUT2D eigenvalue weighted by Crippen LogP contribution is 1.98. The molecule has 0 unspecified atom stereocenters. The molecule has 0 aromatic rings. The average molecular weight is 320 g/mol. The van der Waals surface area contributed by atoms with Crippen LogP contribution < -0.4 is 0 Å². The second-order valence-electron chi connectivity index (χ2n) is 1.31. The predicted molar refractivity (Wildman–Crippen MR) is 48.4 cm³/mol. The summed E-state index contributed by atoms with van der Waals surface area (Å²) in [6.45, 7) is -3.67. The van der Waals surface area contributed by atoms with E-state index in [1.54, 1.807) is 0 Å². The lowest BCUT2D eigenvalue weighted by Crippen LogP contribution is -1.76. The molecule has 0 fully saturated rings. The zero-order valence-corrected chi connectivity index (χ0v) is 10.2. The van der Waals surface area contributed by atoms with Gasteiger partial charge in [0, 0.05) is 32.0 Å². The summed E-state index contributed by atoms with van der Waals surface area (Å²) in [7, 11) is 6.12. The molecule has 0 aliphatic heterocycles. The summed E-state index contributed by atoms with van der Waals surface area (Å²) in [6.07, 6.45) is 0.925. The van der Waals surface area contributed by atoms with Gasteiger partial charge in [0.15, 0.2) is 0 Å². The molecule has 0 rings (SSSR count). The lowest BCUT2D eigenvalue weighted by Gasteiger charge is -1.65. The van der Waals surface area contributed by atoms with Gasteiger partial charge in [-0.1, -0.05) is 0 Å². The first-order chi connectivity index (χ1) is 5.73. The molecule has 0 heterocycles. The first-order valence-corrected chi connectivity index (χ1v) is 8.05. The van der Waals surface area contributed by atoms with Gasteiger partial charge in [0.1, 0.15) is 0 Å². The molecule has 0 atom stereocenters. The van der Waals surface area contributed by atoms with Crippen LogP contribution in [0.1, 0.15) is 0 Å². The fraction of sp³-hybridized carbons (Fsp3) is 1.00. The summed E-state index contributed by atoms with van der Waals surface area (Å²) in [5.74, 6) is 0. The molecule has 90 valence electrons. The van der Waals surface area contributed by atoms with E-state index in [4.69, 9.17) is 8.42 Å². The number of rotatable bonds is 0. The van der Waals surface area contributed by atoms with Crippen LogP contribution in [0.25, 0.3) is 0 Å². The van der Waals surface area contributed by atoms with Crippen LogP contribution in [0.4, 0.5) is 13.2 Å². The van der Waals surface area contributed by atoms with Crippen molar-refractivity contribution >= 4 is 49.4 Å². The van der Waals surface area contributed by atoms with Crippen LogP contribution in [0.2, 0.25) is 0 Å². The number of alkyl halides is 3. The summed E-state index contributed by atoms with van der Waals surface area (Å²) in [6, 6.07) is 0. The van der Waals surface area contributed by atoms with Gasteiger partial charge in [0.25, 0.3) is 0 Å². The minimum absolute atomic E-state index is 0.925. The first-order valence-electron chi connectivity index (χ1n) is 2.19. The molecule has 0 amide bonds. The smallest absolute Gasteiger partial charge is 0.213 e. The molecular weight excluding hydrogens is 316 g/mol. The van der Waals surface area contributed by atoms with Gasteiger partial charge < -0.3 is 0 Å². The van der Waals surface area contributed by atoms with Crippen molar-refractivity contribution in [1.82, 2.24) is 0 Å². The summed E-state index contributed by atoms with van der Waals surface area (Å²) in [5, 5.41) is 0. The fourth-order valence-electron chi connectivity index (χ4n) is 0. The Morgan fingerprint density at radius 3 is 0.929 bits per heavy atom. The van der Waals surface area contributed by atoms with Crippen LogP contribution >= 0.6 is 32.0 Å². The second-order valence-corrected chi connectivity index (χ2v) is 8.02. The number of halogens is 6. The quantitative estimate of drug-likeness (QED) is 0.641. The van der Waals surface area contributed by atoms with Crippen molar-refractivity contribution in [3.63, 3.8) is 0 Å². The van der Waals surface area contributed by atoms with Gasteiger partial charge in [-0.15, -0.1) is 0 Å². The van der Waals surface area contributed by atoms with Crippen molar-refractivity contribution < 1.29 is 30.0 Å². The SMILES string of the molecule is CS(=O)(=O)Cl.FC(F)F.O=S(=O)(Cl)Cl. The van der Waals surface area contributed by atoms with Crippen molar-refractivity contribution in [2.75, 3.05) is 6.26 Å². The van der Waals surface area contributed by atoms with Crippen LogP contribution in [0.3, 0.4) is 0 Å². The monoisotopic (exact) mass is 318 g/mol. The molecule has 4 nitrogen and oxygen atoms in total. The lowest BCUT2D eigenvalue weighted by molar-refractivity contribution is 0.00819. The third-order valence-electron chi connectivity index (χ3n) is 0. The van der Waals surface area contributed by atoms with Gasteiger partial charge in [-0.25, -0.2) is 8.42 Å². The van der Waals surface area contributed by atoms with E-state index in [0.29, 0.717) is 0 Å². The Bertz CT molecular complexity index is 262. The Hall–Kier alpha value is 0.560. The van der Waals surface area contributed by atoms with E-state index < -0.39 is 24.0 Å². The second kappa shape index (κ2) is 8.84. The van der Waals surface area contributed by atoms with Crippen LogP contribution in [0.5, 0.6) is 0 Å². The Balaban J connectivity index is -0.000000131. The maximum Gasteiger partial charge on any atom is 0.379 e. The minimum Gasteiger partial charge on any atom is -0.213 e. The Morgan fingerprint density at radius 1 is 0.929 bits per heavy atom. The number of hydrogen-bond acceptors (Lipinski definition) is 4. The molecule has 0 N–H and O–H groups in total. The molecule has 0 saturated heterocycles. The zero-order valence-electron chi connectivity index (χ0n) is 6.29. The maximum atomic E-state index is 9.67. The summed E-state index contributed by atoms with van der Waals surface area (Å²) >= 11 is 0. The van der Waals surface area contributed by atoms with Gasteiger partial charge in [0.05, 0.1) is 6.26 Å². The van der Waals surface area contributed by atoms with Gasteiger partial charge in [-0.05, 0) is 0 Å². The molecule has 0 aliphatic carbocycles. The van der Waals surface area contributed by atoms with Crippen LogP contribution in [-0.2, 0) is 17.3 Å². The van der Waals surface area contributed by atoms with Crippen LogP contribution in [0, 0.1) is 0 Å². The van der Waals surface area contributed by atoms with Crippen LogP contribution in [-0.4, -0.2) is 29.8 Å². The number of hydrogen-bond donors (Lipinski definition) is 0. The van der Waals surface area contributed by atoms with Crippen molar-refractivity contribution in [3.05, 3.63) is 0 Å². The Morgan fingerprint density at radius 2 is 0.929 bits per heavy atom. The minimum atomic E-state index is -3.72. The van der Waals surface area contributed by atoms with Crippen LogP contribution in [0.15, 0.2) is 0 Å². The molecule has 0 aromatic heterocycles. The zero-order chi connectivity index (χ0) is 12.6. The predicted octanol–water partition coefficient (Wildman–Crippen LogP) is 2.07. The Labute approximate surface area is 92.3 Å². The maximum absolute atomic E-state index is 9.67. The van der Waals surface area contributed by atoms with E-state index in [1.807, 2.05) is 0 Å². The van der Waals surface area contributed by atoms with E-state index in [0.717, 1.165) is 6.26 Å². The first kappa shape index (κ1) is 20.0. The van der Waals surface area contributed by atoms with E-state index in [-0.39, 0.29) is 0 Å². The topological polar surface area (TPSA) is 68.3 Å². The lowest BCUT2D eigenvalue weighted by atomic mass is 11.6. The van der Waals surface area contributed by atoms with E-state index in [1.165, 1.54) is 0 Å². The molecule has 0 spiro atoms.